The van der Waals surface area contributed by atoms with Crippen molar-refractivity contribution in [3.8, 4) is 0 Å². The number of thiazole rings is 1. The van der Waals surface area contributed by atoms with Gasteiger partial charge in [-0.25, -0.2) is 9.97 Å². The molecule has 3 rings (SSSR count). The van der Waals surface area contributed by atoms with Crippen molar-refractivity contribution >= 4 is 28.0 Å². The highest BCUT2D eigenvalue weighted by atomic mass is 32.1. The summed E-state index contributed by atoms with van der Waals surface area (Å²) in [6, 6.07) is 5.79. The third-order valence-electron chi connectivity index (χ3n) is 3.02. The van der Waals surface area contributed by atoms with E-state index in [4.69, 9.17) is 0 Å². The molecular weight excluding hydrogens is 272 g/mol. The summed E-state index contributed by atoms with van der Waals surface area (Å²) >= 11 is 1.43. The van der Waals surface area contributed by atoms with Crippen LogP contribution in [-0.2, 0) is 11.2 Å². The van der Waals surface area contributed by atoms with E-state index in [-0.39, 0.29) is 12.3 Å². The van der Waals surface area contributed by atoms with Crippen LogP contribution in [0.3, 0.4) is 0 Å². The van der Waals surface area contributed by atoms with E-state index < -0.39 is 0 Å². The number of hydrogen-bond acceptors (Lipinski definition) is 4. The normalized spacial score (nSPS) is 10.9. The molecule has 3 aromatic heterocycles. The van der Waals surface area contributed by atoms with E-state index in [1.165, 1.54) is 11.3 Å². The van der Waals surface area contributed by atoms with Crippen LogP contribution < -0.4 is 5.32 Å². The fourth-order valence-electron chi connectivity index (χ4n) is 2.10. The van der Waals surface area contributed by atoms with E-state index in [1.54, 1.807) is 0 Å². The number of aryl methyl sites for hydroxylation is 2. The van der Waals surface area contributed by atoms with Crippen molar-refractivity contribution in [1.82, 2.24) is 14.4 Å². The number of anilines is 1. The van der Waals surface area contributed by atoms with Crippen LogP contribution in [0.2, 0.25) is 0 Å². The fraction of sp³-hybridized carbons (Fsp3) is 0.214. The van der Waals surface area contributed by atoms with Crippen molar-refractivity contribution in [2.24, 2.45) is 0 Å². The van der Waals surface area contributed by atoms with Gasteiger partial charge in [-0.1, -0.05) is 6.07 Å². The highest BCUT2D eigenvalue weighted by Gasteiger charge is 2.13. The maximum absolute atomic E-state index is 12.1. The summed E-state index contributed by atoms with van der Waals surface area (Å²) in [6.07, 6.45) is 2.21. The molecule has 3 heterocycles. The van der Waals surface area contributed by atoms with Gasteiger partial charge in [0, 0.05) is 11.6 Å². The maximum atomic E-state index is 12.1. The third kappa shape index (κ3) is 2.42. The Labute approximate surface area is 120 Å². The van der Waals surface area contributed by atoms with Crippen molar-refractivity contribution in [3.63, 3.8) is 0 Å². The Morgan fingerprint density at radius 3 is 2.95 bits per heavy atom. The van der Waals surface area contributed by atoms with Crippen LogP contribution in [0.25, 0.3) is 5.65 Å². The van der Waals surface area contributed by atoms with Gasteiger partial charge in [-0.2, -0.15) is 0 Å². The Morgan fingerprint density at radius 1 is 1.35 bits per heavy atom. The number of hydrogen-bond donors (Lipinski definition) is 1. The minimum absolute atomic E-state index is 0.0758. The second kappa shape index (κ2) is 5.05. The van der Waals surface area contributed by atoms with Crippen LogP contribution in [0, 0.1) is 13.8 Å². The number of aromatic nitrogens is 3. The lowest BCUT2D eigenvalue weighted by Gasteiger charge is -2.03. The standard InChI is InChI=1S/C14H14N4OS/c1-9-8-20-14(15-9)17-13(19)7-11-10(2)16-12-5-3-4-6-18(11)12/h3-6,8H,7H2,1-2H3,(H,15,17,19). The quantitative estimate of drug-likeness (QED) is 0.805. The van der Waals surface area contributed by atoms with Gasteiger partial charge in [-0.05, 0) is 26.0 Å². The highest BCUT2D eigenvalue weighted by molar-refractivity contribution is 7.13. The molecule has 0 atom stereocenters. The summed E-state index contributed by atoms with van der Waals surface area (Å²) in [5, 5.41) is 5.37. The van der Waals surface area contributed by atoms with E-state index in [2.05, 4.69) is 15.3 Å². The van der Waals surface area contributed by atoms with Crippen LogP contribution >= 0.6 is 11.3 Å². The summed E-state index contributed by atoms with van der Waals surface area (Å²) in [4.78, 5) is 20.8. The van der Waals surface area contributed by atoms with Crippen molar-refractivity contribution in [3.05, 3.63) is 46.9 Å². The predicted octanol–water partition coefficient (Wildman–Crippen LogP) is 2.59. The lowest BCUT2D eigenvalue weighted by molar-refractivity contribution is -0.115. The molecule has 0 aliphatic heterocycles. The zero-order valence-corrected chi connectivity index (χ0v) is 12.1. The Morgan fingerprint density at radius 2 is 2.20 bits per heavy atom. The van der Waals surface area contributed by atoms with Crippen LogP contribution in [0.1, 0.15) is 17.1 Å². The van der Waals surface area contributed by atoms with E-state index >= 15 is 0 Å². The van der Waals surface area contributed by atoms with Gasteiger partial charge in [0.15, 0.2) is 5.13 Å². The summed E-state index contributed by atoms with van der Waals surface area (Å²) in [5.74, 6) is -0.0758. The Bertz CT molecular complexity index is 774. The second-order valence-electron chi connectivity index (χ2n) is 4.59. The first-order chi connectivity index (χ1) is 9.63. The molecule has 0 spiro atoms. The van der Waals surface area contributed by atoms with Crippen molar-refractivity contribution < 1.29 is 4.79 Å². The summed E-state index contributed by atoms with van der Waals surface area (Å²) in [6.45, 7) is 3.82. The van der Waals surface area contributed by atoms with Gasteiger partial charge in [0.05, 0.1) is 23.5 Å². The molecule has 102 valence electrons. The average molecular weight is 286 g/mol. The first-order valence-corrected chi connectivity index (χ1v) is 7.16. The van der Waals surface area contributed by atoms with Gasteiger partial charge in [-0.15, -0.1) is 11.3 Å². The monoisotopic (exact) mass is 286 g/mol. The molecular formula is C14H14N4OS. The number of nitrogens with one attached hydrogen (secondary N) is 1. The fourth-order valence-corrected chi connectivity index (χ4v) is 2.81. The van der Waals surface area contributed by atoms with E-state index in [1.807, 2.05) is 48.0 Å². The second-order valence-corrected chi connectivity index (χ2v) is 5.45. The minimum Gasteiger partial charge on any atom is -0.303 e. The van der Waals surface area contributed by atoms with Gasteiger partial charge in [-0.3, -0.25) is 4.79 Å². The van der Waals surface area contributed by atoms with Gasteiger partial charge in [0.1, 0.15) is 5.65 Å². The van der Waals surface area contributed by atoms with Crippen LogP contribution in [0.4, 0.5) is 5.13 Å². The third-order valence-corrected chi connectivity index (χ3v) is 3.90. The molecule has 3 aromatic rings. The summed E-state index contributed by atoms with van der Waals surface area (Å²) in [5.41, 5.74) is 3.56. The molecule has 20 heavy (non-hydrogen) atoms. The molecule has 0 radical (unpaired) electrons. The number of nitrogens with zero attached hydrogens (tertiary/aromatic N) is 3. The van der Waals surface area contributed by atoms with Gasteiger partial charge in [0.25, 0.3) is 0 Å². The Balaban J connectivity index is 1.82. The largest absolute Gasteiger partial charge is 0.303 e. The number of rotatable bonds is 3. The number of carbonyl (C=O) groups is 1. The first-order valence-electron chi connectivity index (χ1n) is 6.28. The molecule has 0 saturated heterocycles. The van der Waals surface area contributed by atoms with Crippen molar-refractivity contribution in [2.45, 2.75) is 20.3 Å². The minimum atomic E-state index is -0.0758. The van der Waals surface area contributed by atoms with Crippen LogP contribution in [-0.4, -0.2) is 20.3 Å². The first kappa shape index (κ1) is 12.8. The zero-order valence-electron chi connectivity index (χ0n) is 11.3. The molecule has 0 bridgehead atoms. The molecule has 1 N–H and O–H groups in total. The SMILES string of the molecule is Cc1csc(NC(=O)Cc2c(C)nc3ccccn23)n1. The topological polar surface area (TPSA) is 59.3 Å². The predicted molar refractivity (Wildman–Crippen MR) is 79.1 cm³/mol. The summed E-state index contributed by atoms with van der Waals surface area (Å²) < 4.78 is 1.95. The van der Waals surface area contributed by atoms with E-state index in [0.717, 1.165) is 22.7 Å². The summed E-state index contributed by atoms with van der Waals surface area (Å²) in [7, 11) is 0. The molecule has 0 unspecified atom stereocenters. The number of amides is 1. The molecule has 6 heteroatoms. The Hall–Kier alpha value is -2.21. The van der Waals surface area contributed by atoms with E-state index in [0.29, 0.717) is 5.13 Å². The molecule has 1 amide bonds. The smallest absolute Gasteiger partial charge is 0.232 e. The molecule has 0 saturated carbocycles. The molecule has 5 nitrogen and oxygen atoms in total. The number of pyridine rings is 1. The molecule has 0 aliphatic rings. The maximum Gasteiger partial charge on any atom is 0.232 e. The number of carbonyl (C=O) groups excluding carboxylic acids is 1. The van der Waals surface area contributed by atoms with Crippen molar-refractivity contribution in [2.75, 3.05) is 5.32 Å². The van der Waals surface area contributed by atoms with E-state index in [9.17, 15) is 4.79 Å². The lowest BCUT2D eigenvalue weighted by atomic mass is 10.2. The van der Waals surface area contributed by atoms with Crippen LogP contribution in [0.5, 0.6) is 0 Å². The van der Waals surface area contributed by atoms with Gasteiger partial charge < -0.3 is 9.72 Å². The molecule has 0 fully saturated rings. The Kier molecular flexibility index (Phi) is 3.23. The molecule has 0 aromatic carbocycles. The lowest BCUT2D eigenvalue weighted by Crippen LogP contribution is -2.16. The zero-order chi connectivity index (χ0) is 14.1. The van der Waals surface area contributed by atoms with Gasteiger partial charge >= 0.3 is 0 Å². The number of imidazole rings is 1. The van der Waals surface area contributed by atoms with Crippen LogP contribution in [0.15, 0.2) is 29.8 Å². The highest BCUT2D eigenvalue weighted by Crippen LogP contribution is 2.16. The average Bonchev–Trinajstić information content (AvgIpc) is 2.94. The van der Waals surface area contributed by atoms with Gasteiger partial charge in [0.2, 0.25) is 5.91 Å². The molecule has 0 aliphatic carbocycles. The number of fused-ring (bicyclic) bond motifs is 1. The van der Waals surface area contributed by atoms with Crippen molar-refractivity contribution in [1.29, 1.82) is 0 Å².